The van der Waals surface area contributed by atoms with E-state index in [0.717, 1.165) is 19.4 Å². The Bertz CT molecular complexity index is 517. The van der Waals surface area contributed by atoms with Crippen molar-refractivity contribution in [2.24, 2.45) is 7.05 Å². The summed E-state index contributed by atoms with van der Waals surface area (Å²) in [5.41, 5.74) is 0. The molecule has 1 fully saturated rings. The van der Waals surface area contributed by atoms with Gasteiger partial charge in [0.2, 0.25) is 0 Å². The summed E-state index contributed by atoms with van der Waals surface area (Å²) in [7, 11) is -2.01. The normalized spacial score (nSPS) is 20.3. The lowest BCUT2D eigenvalue weighted by atomic mass is 10.2. The van der Waals surface area contributed by atoms with Crippen LogP contribution in [0, 0.1) is 0 Å². The van der Waals surface area contributed by atoms with Gasteiger partial charge in [0.1, 0.15) is 0 Å². The average molecular weight is 307 g/mol. The van der Waals surface area contributed by atoms with E-state index in [4.69, 9.17) is 11.6 Å². The molecule has 0 aliphatic carbocycles. The SMILES string of the molecule is CCN(CC1CCCN1)S(=O)(=O)c1c(Cl)cnn1C. The molecule has 0 spiro atoms. The molecule has 1 aliphatic heterocycles. The number of rotatable bonds is 5. The predicted octanol–water partition coefficient (Wildman–Crippen LogP) is 0.836. The Kier molecular flexibility index (Phi) is 4.50. The number of halogens is 1. The molecular weight excluding hydrogens is 288 g/mol. The third-order valence-electron chi connectivity index (χ3n) is 3.37. The summed E-state index contributed by atoms with van der Waals surface area (Å²) in [6.07, 6.45) is 3.45. The van der Waals surface area contributed by atoms with E-state index in [1.807, 2.05) is 6.92 Å². The monoisotopic (exact) mass is 306 g/mol. The van der Waals surface area contributed by atoms with Crippen molar-refractivity contribution in [3.63, 3.8) is 0 Å². The zero-order chi connectivity index (χ0) is 14.0. The summed E-state index contributed by atoms with van der Waals surface area (Å²) in [4.78, 5) is 0. The summed E-state index contributed by atoms with van der Waals surface area (Å²) in [5, 5.41) is 7.43. The third-order valence-corrected chi connectivity index (χ3v) is 5.81. The maximum Gasteiger partial charge on any atom is 0.261 e. The smallest absolute Gasteiger partial charge is 0.261 e. The van der Waals surface area contributed by atoms with Gasteiger partial charge in [0.05, 0.1) is 11.2 Å². The topological polar surface area (TPSA) is 67.2 Å². The highest BCUT2D eigenvalue weighted by molar-refractivity contribution is 7.89. The molecule has 2 rings (SSSR count). The Hall–Kier alpha value is -0.630. The largest absolute Gasteiger partial charge is 0.313 e. The average Bonchev–Trinajstić information content (AvgIpc) is 2.96. The molecule has 1 unspecified atom stereocenters. The van der Waals surface area contributed by atoms with Gasteiger partial charge in [-0.25, -0.2) is 8.42 Å². The van der Waals surface area contributed by atoms with Crippen molar-refractivity contribution in [2.75, 3.05) is 19.6 Å². The summed E-state index contributed by atoms with van der Waals surface area (Å²) < 4.78 is 28.0. The maximum atomic E-state index is 12.6. The molecule has 1 aromatic heterocycles. The first-order chi connectivity index (χ1) is 8.96. The standard InChI is InChI=1S/C11H19ClN4O2S/c1-3-16(8-9-5-4-6-13-9)19(17,18)11-10(12)7-14-15(11)2/h7,9,13H,3-6,8H2,1-2H3. The summed E-state index contributed by atoms with van der Waals surface area (Å²) in [6, 6.07) is 0.224. The Morgan fingerprint density at radius 1 is 1.63 bits per heavy atom. The van der Waals surface area contributed by atoms with Gasteiger partial charge in [-0.3, -0.25) is 4.68 Å². The van der Waals surface area contributed by atoms with Gasteiger partial charge in [0.15, 0.2) is 5.03 Å². The van der Waals surface area contributed by atoms with Gasteiger partial charge in [-0.2, -0.15) is 9.40 Å². The van der Waals surface area contributed by atoms with Crippen LogP contribution in [0.15, 0.2) is 11.2 Å². The Morgan fingerprint density at radius 3 is 2.84 bits per heavy atom. The molecular formula is C11H19ClN4O2S. The second-order valence-corrected chi connectivity index (χ2v) is 6.93. The number of aromatic nitrogens is 2. The van der Waals surface area contributed by atoms with Crippen LogP contribution >= 0.6 is 11.6 Å². The van der Waals surface area contributed by atoms with E-state index in [1.54, 1.807) is 7.05 Å². The van der Waals surface area contributed by atoms with E-state index in [9.17, 15) is 8.42 Å². The van der Waals surface area contributed by atoms with Crippen LogP contribution in [0.4, 0.5) is 0 Å². The summed E-state index contributed by atoms with van der Waals surface area (Å²) in [6.45, 7) is 3.67. The third kappa shape index (κ3) is 2.94. The van der Waals surface area contributed by atoms with Crippen LogP contribution in [0.1, 0.15) is 19.8 Å². The molecule has 2 heterocycles. The lowest BCUT2D eigenvalue weighted by Gasteiger charge is -2.23. The molecule has 108 valence electrons. The van der Waals surface area contributed by atoms with Gasteiger partial charge < -0.3 is 5.32 Å². The first-order valence-corrected chi connectivity index (χ1v) is 8.19. The highest BCUT2D eigenvalue weighted by Crippen LogP contribution is 2.24. The maximum absolute atomic E-state index is 12.6. The Morgan fingerprint density at radius 2 is 2.37 bits per heavy atom. The fourth-order valence-electron chi connectivity index (χ4n) is 2.37. The van der Waals surface area contributed by atoms with Crippen LogP contribution in [-0.4, -0.2) is 48.2 Å². The molecule has 1 N–H and O–H groups in total. The second-order valence-electron chi connectivity index (χ2n) is 4.67. The van der Waals surface area contributed by atoms with Gasteiger partial charge in [-0.05, 0) is 19.4 Å². The van der Waals surface area contributed by atoms with Crippen LogP contribution in [0.25, 0.3) is 0 Å². The number of hydrogen-bond donors (Lipinski definition) is 1. The first-order valence-electron chi connectivity index (χ1n) is 6.37. The minimum atomic E-state index is -3.59. The molecule has 0 aromatic carbocycles. The molecule has 0 saturated carbocycles. The van der Waals surface area contributed by atoms with E-state index in [1.165, 1.54) is 15.2 Å². The molecule has 19 heavy (non-hydrogen) atoms. The van der Waals surface area contributed by atoms with Crippen molar-refractivity contribution < 1.29 is 8.42 Å². The summed E-state index contributed by atoms with van der Waals surface area (Å²) >= 11 is 5.94. The fraction of sp³-hybridized carbons (Fsp3) is 0.727. The van der Waals surface area contributed by atoms with Crippen LogP contribution in [0.3, 0.4) is 0 Å². The molecule has 1 aliphatic rings. The molecule has 1 atom stereocenters. The highest BCUT2D eigenvalue weighted by atomic mass is 35.5. The van der Waals surface area contributed by atoms with E-state index in [-0.39, 0.29) is 16.1 Å². The number of hydrogen-bond acceptors (Lipinski definition) is 4. The number of nitrogens with zero attached hydrogens (tertiary/aromatic N) is 3. The van der Waals surface area contributed by atoms with Gasteiger partial charge in [0, 0.05) is 26.2 Å². The zero-order valence-corrected chi connectivity index (χ0v) is 12.7. The minimum Gasteiger partial charge on any atom is -0.313 e. The van der Waals surface area contributed by atoms with E-state index in [2.05, 4.69) is 10.4 Å². The number of aryl methyl sites for hydroxylation is 1. The number of likely N-dealkylation sites (N-methyl/N-ethyl adjacent to an activating group) is 1. The first kappa shape index (κ1) is 14.8. The molecule has 1 aromatic rings. The minimum absolute atomic E-state index is 0.0639. The molecule has 1 saturated heterocycles. The van der Waals surface area contributed by atoms with Crippen LogP contribution < -0.4 is 5.32 Å². The van der Waals surface area contributed by atoms with Crippen LogP contribution in [0.2, 0.25) is 5.02 Å². The van der Waals surface area contributed by atoms with Crippen molar-refractivity contribution in [2.45, 2.75) is 30.8 Å². The Labute approximate surface area is 118 Å². The predicted molar refractivity (Wildman–Crippen MR) is 73.7 cm³/mol. The Balaban J connectivity index is 2.25. The van der Waals surface area contributed by atoms with Crippen molar-refractivity contribution in [1.29, 1.82) is 0 Å². The zero-order valence-electron chi connectivity index (χ0n) is 11.1. The molecule has 0 bridgehead atoms. The highest BCUT2D eigenvalue weighted by Gasteiger charge is 2.31. The lowest BCUT2D eigenvalue weighted by molar-refractivity contribution is 0.379. The number of sulfonamides is 1. The molecule has 0 radical (unpaired) electrons. The van der Waals surface area contributed by atoms with Gasteiger partial charge in [-0.15, -0.1) is 0 Å². The van der Waals surface area contributed by atoms with Gasteiger partial charge in [0.25, 0.3) is 10.0 Å². The van der Waals surface area contributed by atoms with Gasteiger partial charge >= 0.3 is 0 Å². The van der Waals surface area contributed by atoms with E-state index < -0.39 is 10.0 Å². The second kappa shape index (κ2) is 5.78. The molecule has 8 heteroatoms. The van der Waals surface area contributed by atoms with Gasteiger partial charge in [-0.1, -0.05) is 18.5 Å². The van der Waals surface area contributed by atoms with Crippen molar-refractivity contribution in [1.82, 2.24) is 19.4 Å². The number of nitrogens with one attached hydrogen (secondary N) is 1. The molecule has 0 amide bonds. The fourth-order valence-corrected chi connectivity index (χ4v) is 4.47. The van der Waals surface area contributed by atoms with E-state index >= 15 is 0 Å². The van der Waals surface area contributed by atoms with E-state index in [0.29, 0.717) is 13.1 Å². The van der Waals surface area contributed by atoms with Crippen LogP contribution in [0.5, 0.6) is 0 Å². The van der Waals surface area contributed by atoms with Crippen molar-refractivity contribution >= 4 is 21.6 Å². The van der Waals surface area contributed by atoms with Crippen molar-refractivity contribution in [3.8, 4) is 0 Å². The van der Waals surface area contributed by atoms with Crippen LogP contribution in [-0.2, 0) is 17.1 Å². The lowest BCUT2D eigenvalue weighted by Crippen LogP contribution is -2.41. The van der Waals surface area contributed by atoms with Crippen molar-refractivity contribution in [3.05, 3.63) is 11.2 Å². The quantitative estimate of drug-likeness (QED) is 0.875. The molecule has 6 nitrogen and oxygen atoms in total. The summed E-state index contributed by atoms with van der Waals surface area (Å²) in [5.74, 6) is 0.